The third kappa shape index (κ3) is 3.99. The van der Waals surface area contributed by atoms with Gasteiger partial charge in [-0.25, -0.2) is 4.79 Å². The van der Waals surface area contributed by atoms with Crippen LogP contribution in [0.3, 0.4) is 0 Å². The molecule has 1 aromatic carbocycles. The highest BCUT2D eigenvalue weighted by molar-refractivity contribution is 5.70. The van der Waals surface area contributed by atoms with Crippen molar-refractivity contribution in [1.82, 2.24) is 5.32 Å². The van der Waals surface area contributed by atoms with Gasteiger partial charge < -0.3 is 15.2 Å². The van der Waals surface area contributed by atoms with E-state index < -0.39 is 6.09 Å². The van der Waals surface area contributed by atoms with Gasteiger partial charge in [0.15, 0.2) is 0 Å². The highest BCUT2D eigenvalue weighted by Gasteiger charge is 2.03. The summed E-state index contributed by atoms with van der Waals surface area (Å²) in [6.07, 6.45) is -0.547. The average Bonchev–Trinajstić information content (AvgIpc) is 2.13. The molecule has 82 valence electrons. The molecular weight excluding hydrogens is 194 g/mol. The molecule has 0 aromatic heterocycles. The highest BCUT2D eigenvalue weighted by Crippen LogP contribution is 2.16. The summed E-state index contributed by atoms with van der Waals surface area (Å²) in [6, 6.07) is 5.57. The lowest BCUT2D eigenvalue weighted by molar-refractivity contribution is 0.195. The molecule has 0 saturated carbocycles. The minimum atomic E-state index is -0.547. The first-order valence-electron chi connectivity index (χ1n) is 4.76. The Hall–Kier alpha value is -1.55. The molecule has 0 radical (unpaired) electrons. The van der Waals surface area contributed by atoms with Crippen LogP contribution in [0.4, 0.5) is 4.79 Å². The van der Waals surface area contributed by atoms with E-state index in [0.29, 0.717) is 5.75 Å². The maximum absolute atomic E-state index is 11.1. The van der Waals surface area contributed by atoms with Gasteiger partial charge >= 0.3 is 6.09 Å². The molecule has 4 heteroatoms. The Balaban J connectivity index is 2.60. The molecule has 15 heavy (non-hydrogen) atoms. The van der Waals surface area contributed by atoms with E-state index in [2.05, 4.69) is 5.32 Å². The average molecular weight is 209 g/mol. The van der Waals surface area contributed by atoms with Crippen molar-refractivity contribution in [2.45, 2.75) is 13.8 Å². The lowest BCUT2D eigenvalue weighted by Gasteiger charge is -2.07. The number of aliphatic hydroxyl groups is 1. The fourth-order valence-electron chi connectivity index (χ4n) is 1.29. The second-order valence-electron chi connectivity index (χ2n) is 3.36. The van der Waals surface area contributed by atoms with Crippen LogP contribution >= 0.6 is 0 Å². The second-order valence-corrected chi connectivity index (χ2v) is 3.36. The Kier molecular flexibility index (Phi) is 4.12. The minimum absolute atomic E-state index is 0.0953. The number of hydrogen-bond donors (Lipinski definition) is 2. The van der Waals surface area contributed by atoms with E-state index in [0.717, 1.165) is 11.1 Å². The smallest absolute Gasteiger partial charge is 0.410 e. The van der Waals surface area contributed by atoms with Crippen LogP contribution in [-0.4, -0.2) is 24.4 Å². The lowest BCUT2D eigenvalue weighted by atomic mass is 10.1. The van der Waals surface area contributed by atoms with Gasteiger partial charge in [-0.3, -0.25) is 0 Å². The van der Waals surface area contributed by atoms with Crippen molar-refractivity contribution in [1.29, 1.82) is 0 Å². The van der Waals surface area contributed by atoms with Crippen LogP contribution in [0.25, 0.3) is 0 Å². The molecule has 2 N–H and O–H groups in total. The first-order valence-corrected chi connectivity index (χ1v) is 4.76. The molecule has 0 aliphatic carbocycles. The molecule has 0 aliphatic rings. The standard InChI is InChI=1S/C11H15NO3/c1-8-5-9(2)7-10(6-8)15-11(14)12-3-4-13/h5-7,13H,3-4H2,1-2H3,(H,12,14). The van der Waals surface area contributed by atoms with Crippen LogP contribution in [0.5, 0.6) is 5.75 Å². The van der Waals surface area contributed by atoms with E-state index in [1.807, 2.05) is 19.9 Å². The Morgan fingerprint density at radius 3 is 2.47 bits per heavy atom. The summed E-state index contributed by atoms with van der Waals surface area (Å²) in [4.78, 5) is 11.1. The topological polar surface area (TPSA) is 58.6 Å². The van der Waals surface area contributed by atoms with Crippen molar-refractivity contribution >= 4 is 6.09 Å². The predicted molar refractivity (Wildman–Crippen MR) is 57.0 cm³/mol. The number of aliphatic hydroxyl groups excluding tert-OH is 1. The molecule has 1 rings (SSSR count). The third-order valence-electron chi connectivity index (χ3n) is 1.79. The Morgan fingerprint density at radius 2 is 1.93 bits per heavy atom. The zero-order chi connectivity index (χ0) is 11.3. The van der Waals surface area contributed by atoms with E-state index >= 15 is 0 Å². The van der Waals surface area contributed by atoms with Gasteiger partial charge in [0.1, 0.15) is 5.75 Å². The van der Waals surface area contributed by atoms with Gasteiger partial charge in [-0.2, -0.15) is 0 Å². The monoisotopic (exact) mass is 209 g/mol. The molecular formula is C11H15NO3. The summed E-state index contributed by atoms with van der Waals surface area (Å²) in [5.74, 6) is 0.517. The lowest BCUT2D eigenvalue weighted by Crippen LogP contribution is -2.29. The van der Waals surface area contributed by atoms with Gasteiger partial charge in [0.2, 0.25) is 0 Å². The molecule has 0 bridgehead atoms. The second kappa shape index (κ2) is 5.36. The molecule has 0 heterocycles. The van der Waals surface area contributed by atoms with Crippen molar-refractivity contribution in [3.8, 4) is 5.75 Å². The zero-order valence-corrected chi connectivity index (χ0v) is 8.91. The molecule has 0 spiro atoms. The fourth-order valence-corrected chi connectivity index (χ4v) is 1.29. The van der Waals surface area contributed by atoms with E-state index in [1.165, 1.54) is 0 Å². The van der Waals surface area contributed by atoms with Crippen LogP contribution in [0.1, 0.15) is 11.1 Å². The number of amides is 1. The summed E-state index contributed by atoms with van der Waals surface area (Å²) in [5.41, 5.74) is 2.08. The Morgan fingerprint density at radius 1 is 1.33 bits per heavy atom. The van der Waals surface area contributed by atoms with Gasteiger partial charge in [0, 0.05) is 6.54 Å². The Labute approximate surface area is 88.9 Å². The summed E-state index contributed by atoms with van der Waals surface area (Å²) >= 11 is 0. The highest BCUT2D eigenvalue weighted by atomic mass is 16.6. The molecule has 4 nitrogen and oxygen atoms in total. The predicted octanol–water partition coefficient (Wildman–Crippen LogP) is 1.38. The van der Waals surface area contributed by atoms with Gasteiger partial charge in [0.05, 0.1) is 6.61 Å². The fraction of sp³-hybridized carbons (Fsp3) is 0.364. The molecule has 0 aliphatic heterocycles. The van der Waals surface area contributed by atoms with Crippen molar-refractivity contribution in [3.05, 3.63) is 29.3 Å². The summed E-state index contributed by atoms with van der Waals surface area (Å²) in [5, 5.41) is 10.9. The van der Waals surface area contributed by atoms with E-state index in [9.17, 15) is 4.79 Å². The maximum Gasteiger partial charge on any atom is 0.412 e. The molecule has 0 saturated heterocycles. The molecule has 0 atom stereocenters. The minimum Gasteiger partial charge on any atom is -0.410 e. The van der Waals surface area contributed by atoms with Crippen LogP contribution in [-0.2, 0) is 0 Å². The van der Waals surface area contributed by atoms with Gasteiger partial charge in [-0.15, -0.1) is 0 Å². The maximum atomic E-state index is 11.1. The van der Waals surface area contributed by atoms with E-state index in [-0.39, 0.29) is 13.2 Å². The van der Waals surface area contributed by atoms with E-state index in [4.69, 9.17) is 9.84 Å². The Bertz CT molecular complexity index is 329. The SMILES string of the molecule is Cc1cc(C)cc(OC(=O)NCCO)c1. The van der Waals surface area contributed by atoms with Crippen molar-refractivity contribution in [2.75, 3.05) is 13.2 Å². The zero-order valence-electron chi connectivity index (χ0n) is 8.91. The number of rotatable bonds is 3. The van der Waals surface area contributed by atoms with Gasteiger partial charge in [-0.1, -0.05) is 6.07 Å². The summed E-state index contributed by atoms with van der Waals surface area (Å²) < 4.78 is 5.02. The quantitative estimate of drug-likeness (QED) is 0.790. The molecule has 0 fully saturated rings. The number of nitrogens with one attached hydrogen (secondary N) is 1. The number of carbonyl (C=O) groups excluding carboxylic acids is 1. The normalized spacial score (nSPS) is 9.80. The van der Waals surface area contributed by atoms with Gasteiger partial charge in [0.25, 0.3) is 0 Å². The number of carbonyl (C=O) groups is 1. The number of ether oxygens (including phenoxy) is 1. The summed E-state index contributed by atoms with van der Waals surface area (Å²) in [6.45, 7) is 3.97. The third-order valence-corrected chi connectivity index (χ3v) is 1.79. The van der Waals surface area contributed by atoms with Crippen molar-refractivity contribution in [3.63, 3.8) is 0 Å². The van der Waals surface area contributed by atoms with Gasteiger partial charge in [-0.05, 0) is 37.1 Å². The van der Waals surface area contributed by atoms with Crippen LogP contribution in [0.15, 0.2) is 18.2 Å². The number of aryl methyl sites for hydroxylation is 2. The first kappa shape index (κ1) is 11.5. The molecule has 0 unspecified atom stereocenters. The molecule has 1 aromatic rings. The molecule has 1 amide bonds. The van der Waals surface area contributed by atoms with Crippen LogP contribution in [0.2, 0.25) is 0 Å². The van der Waals surface area contributed by atoms with Crippen molar-refractivity contribution in [2.24, 2.45) is 0 Å². The first-order chi connectivity index (χ1) is 7.11. The number of benzene rings is 1. The number of hydrogen-bond acceptors (Lipinski definition) is 3. The van der Waals surface area contributed by atoms with E-state index in [1.54, 1.807) is 12.1 Å². The largest absolute Gasteiger partial charge is 0.412 e. The van der Waals surface area contributed by atoms with Crippen LogP contribution < -0.4 is 10.1 Å². The van der Waals surface area contributed by atoms with Crippen molar-refractivity contribution < 1.29 is 14.6 Å². The van der Waals surface area contributed by atoms with Crippen LogP contribution in [0, 0.1) is 13.8 Å². The summed E-state index contributed by atoms with van der Waals surface area (Å²) in [7, 11) is 0.